The van der Waals surface area contributed by atoms with Gasteiger partial charge in [-0.25, -0.2) is 0 Å². The van der Waals surface area contributed by atoms with E-state index in [0.717, 1.165) is 13.1 Å². The van der Waals surface area contributed by atoms with Gasteiger partial charge in [-0.05, 0) is 25.6 Å². The van der Waals surface area contributed by atoms with Crippen molar-refractivity contribution in [3.63, 3.8) is 0 Å². The molecule has 0 saturated carbocycles. The highest BCUT2D eigenvalue weighted by Gasteiger charge is 2.29. The van der Waals surface area contributed by atoms with Crippen LogP contribution in [0.3, 0.4) is 0 Å². The van der Waals surface area contributed by atoms with Crippen molar-refractivity contribution >= 4 is 11.8 Å². The third-order valence-corrected chi connectivity index (χ3v) is 3.25. The molecule has 0 amide bonds. The Kier molecular flexibility index (Phi) is 4.73. The first-order valence-electron chi connectivity index (χ1n) is 5.06. The van der Waals surface area contributed by atoms with Crippen LogP contribution >= 0.6 is 11.8 Å². The lowest BCUT2D eigenvalue weighted by atomic mass is 10.1. The maximum Gasteiger partial charge on any atom is 0.441 e. The van der Waals surface area contributed by atoms with Crippen molar-refractivity contribution in [2.45, 2.75) is 31.4 Å². The van der Waals surface area contributed by atoms with Crippen molar-refractivity contribution in [1.82, 2.24) is 10.2 Å². The molecular weight excluding hydrogens is 225 g/mol. The number of piperazine rings is 1. The number of rotatable bonds is 3. The smallest absolute Gasteiger partial charge is 0.311 e. The zero-order valence-corrected chi connectivity index (χ0v) is 9.79. The van der Waals surface area contributed by atoms with Crippen molar-refractivity contribution in [3.8, 4) is 0 Å². The second-order valence-corrected chi connectivity index (χ2v) is 5.11. The van der Waals surface area contributed by atoms with Crippen molar-refractivity contribution in [2.24, 2.45) is 0 Å². The molecule has 0 aromatic carbocycles. The van der Waals surface area contributed by atoms with Gasteiger partial charge < -0.3 is 5.32 Å². The van der Waals surface area contributed by atoms with Gasteiger partial charge in [-0.2, -0.15) is 13.2 Å². The summed E-state index contributed by atoms with van der Waals surface area (Å²) in [6, 6.07) is 0.701. The third kappa shape index (κ3) is 5.08. The van der Waals surface area contributed by atoms with E-state index in [9.17, 15) is 13.2 Å². The van der Waals surface area contributed by atoms with Crippen LogP contribution in [-0.2, 0) is 0 Å². The maximum atomic E-state index is 11.9. The first-order valence-corrected chi connectivity index (χ1v) is 6.05. The van der Waals surface area contributed by atoms with Crippen LogP contribution in [0.15, 0.2) is 0 Å². The van der Waals surface area contributed by atoms with Crippen molar-refractivity contribution in [3.05, 3.63) is 0 Å². The highest BCUT2D eigenvalue weighted by atomic mass is 32.2. The number of alkyl halides is 3. The summed E-state index contributed by atoms with van der Waals surface area (Å²) in [5, 5.41) is 3.30. The monoisotopic (exact) mass is 242 g/mol. The molecule has 1 aliphatic rings. The molecule has 0 aromatic rings. The Bertz CT molecular complexity index is 198. The maximum absolute atomic E-state index is 11.9. The van der Waals surface area contributed by atoms with Crippen LogP contribution < -0.4 is 5.32 Å². The topological polar surface area (TPSA) is 15.3 Å². The summed E-state index contributed by atoms with van der Waals surface area (Å²) in [5.41, 5.74) is -4.09. The number of halogens is 3. The molecule has 0 bridgehead atoms. The second kappa shape index (κ2) is 5.41. The summed E-state index contributed by atoms with van der Waals surface area (Å²) in [4.78, 5) is 2.11. The van der Waals surface area contributed by atoms with E-state index in [1.54, 1.807) is 0 Å². The van der Waals surface area contributed by atoms with E-state index in [1.807, 2.05) is 6.92 Å². The highest BCUT2D eigenvalue weighted by molar-refractivity contribution is 8.00. The van der Waals surface area contributed by atoms with Gasteiger partial charge >= 0.3 is 5.51 Å². The molecule has 2 unspecified atom stereocenters. The van der Waals surface area contributed by atoms with Crippen LogP contribution in [0.25, 0.3) is 0 Å². The van der Waals surface area contributed by atoms with Crippen molar-refractivity contribution in [2.75, 3.05) is 25.4 Å². The summed E-state index contributed by atoms with van der Waals surface area (Å²) in [7, 11) is 0. The number of hydrogen-bond acceptors (Lipinski definition) is 3. The summed E-state index contributed by atoms with van der Waals surface area (Å²) in [5.74, 6) is 0.126. The number of hydrogen-bond donors (Lipinski definition) is 1. The fourth-order valence-electron chi connectivity index (χ4n) is 1.69. The van der Waals surface area contributed by atoms with Crippen LogP contribution in [-0.4, -0.2) is 47.9 Å². The first kappa shape index (κ1) is 13.1. The zero-order valence-electron chi connectivity index (χ0n) is 8.97. The van der Waals surface area contributed by atoms with Crippen LogP contribution in [0, 0.1) is 0 Å². The lowest BCUT2D eigenvalue weighted by Gasteiger charge is -2.37. The van der Waals surface area contributed by atoms with Crippen molar-refractivity contribution in [1.29, 1.82) is 0 Å². The molecule has 1 rings (SSSR count). The van der Waals surface area contributed by atoms with E-state index in [4.69, 9.17) is 0 Å². The van der Waals surface area contributed by atoms with Gasteiger partial charge in [0.25, 0.3) is 0 Å². The molecule has 1 fully saturated rings. The molecule has 6 heteroatoms. The number of nitrogens with one attached hydrogen (secondary N) is 1. The van der Waals surface area contributed by atoms with Crippen molar-refractivity contribution < 1.29 is 13.2 Å². The largest absolute Gasteiger partial charge is 0.441 e. The molecule has 2 nitrogen and oxygen atoms in total. The molecule has 0 aliphatic carbocycles. The number of nitrogens with zero attached hydrogens (tertiary/aromatic N) is 1. The van der Waals surface area contributed by atoms with Crippen LogP contribution in [0.4, 0.5) is 13.2 Å². The van der Waals surface area contributed by atoms with Gasteiger partial charge in [0.1, 0.15) is 0 Å². The van der Waals surface area contributed by atoms with E-state index in [2.05, 4.69) is 17.1 Å². The molecule has 0 aromatic heterocycles. The standard InChI is InChI=1S/C9H17F3N2S/c1-7-6-14(8(2)5-13-7)3-4-15-9(10,11)12/h7-8,13H,3-6H2,1-2H3. The van der Waals surface area contributed by atoms with E-state index >= 15 is 0 Å². The number of thioether (sulfide) groups is 1. The summed E-state index contributed by atoms with van der Waals surface area (Å²) in [6.45, 7) is 6.29. The highest BCUT2D eigenvalue weighted by Crippen LogP contribution is 2.30. The first-order chi connectivity index (χ1) is 6.88. The minimum atomic E-state index is -4.09. The second-order valence-electron chi connectivity index (χ2n) is 3.95. The Morgan fingerprint density at radius 2 is 2.07 bits per heavy atom. The lowest BCUT2D eigenvalue weighted by Crippen LogP contribution is -2.54. The molecule has 0 spiro atoms. The fraction of sp³-hybridized carbons (Fsp3) is 1.00. The summed E-state index contributed by atoms with van der Waals surface area (Å²) >= 11 is 0.0684. The quantitative estimate of drug-likeness (QED) is 0.814. The molecule has 90 valence electrons. The minimum absolute atomic E-state index is 0.0684. The van der Waals surface area contributed by atoms with Gasteiger partial charge in [0.15, 0.2) is 0 Å². The zero-order chi connectivity index (χ0) is 11.5. The predicted octanol–water partition coefficient (Wildman–Crippen LogP) is 1.92. The Morgan fingerprint density at radius 3 is 2.67 bits per heavy atom. The van der Waals surface area contributed by atoms with Gasteiger partial charge in [-0.3, -0.25) is 4.90 Å². The molecule has 1 saturated heterocycles. The van der Waals surface area contributed by atoms with Gasteiger partial charge in [0.2, 0.25) is 0 Å². The fourth-order valence-corrected chi connectivity index (χ4v) is 2.24. The molecule has 1 heterocycles. The Morgan fingerprint density at radius 1 is 1.40 bits per heavy atom. The Labute approximate surface area is 92.6 Å². The van der Waals surface area contributed by atoms with Gasteiger partial charge in [0.05, 0.1) is 0 Å². The normalized spacial score (nSPS) is 29.4. The van der Waals surface area contributed by atoms with E-state index in [0.29, 0.717) is 18.6 Å². The molecule has 2 atom stereocenters. The molecule has 15 heavy (non-hydrogen) atoms. The van der Waals surface area contributed by atoms with Crippen LogP contribution in [0.1, 0.15) is 13.8 Å². The van der Waals surface area contributed by atoms with Gasteiger partial charge in [-0.15, -0.1) is 0 Å². The molecule has 1 aliphatic heterocycles. The SMILES string of the molecule is CC1CN(CCSC(F)(F)F)C(C)CN1. The Hall–Kier alpha value is 0.0600. The summed E-state index contributed by atoms with van der Waals surface area (Å²) < 4.78 is 35.7. The third-order valence-electron chi connectivity index (χ3n) is 2.54. The Balaban J connectivity index is 2.24. The van der Waals surface area contributed by atoms with Crippen LogP contribution in [0.2, 0.25) is 0 Å². The molecule has 1 N–H and O–H groups in total. The summed E-state index contributed by atoms with van der Waals surface area (Å²) in [6.07, 6.45) is 0. The van der Waals surface area contributed by atoms with E-state index < -0.39 is 5.51 Å². The van der Waals surface area contributed by atoms with E-state index in [-0.39, 0.29) is 17.5 Å². The van der Waals surface area contributed by atoms with Crippen LogP contribution in [0.5, 0.6) is 0 Å². The van der Waals surface area contributed by atoms with E-state index in [1.165, 1.54) is 0 Å². The van der Waals surface area contributed by atoms with Gasteiger partial charge in [0, 0.05) is 37.5 Å². The lowest BCUT2D eigenvalue weighted by molar-refractivity contribution is -0.0329. The predicted molar refractivity (Wildman–Crippen MR) is 57.0 cm³/mol. The average molecular weight is 242 g/mol. The average Bonchev–Trinajstić information content (AvgIpc) is 2.09. The molecule has 0 radical (unpaired) electrons. The minimum Gasteiger partial charge on any atom is -0.311 e. The molecular formula is C9H17F3N2S. The van der Waals surface area contributed by atoms with Gasteiger partial charge in [-0.1, -0.05) is 0 Å².